The topological polar surface area (TPSA) is 102 Å². The first-order valence-electron chi connectivity index (χ1n) is 6.94. The Kier molecular flexibility index (Phi) is 7.00. The minimum Gasteiger partial charge on any atom is -0.459 e. The lowest BCUT2D eigenvalue weighted by atomic mass is 10.1. The quantitative estimate of drug-likeness (QED) is 0.550. The summed E-state index contributed by atoms with van der Waals surface area (Å²) in [4.78, 5) is 22.6. The van der Waals surface area contributed by atoms with E-state index in [1.807, 2.05) is 0 Å². The van der Waals surface area contributed by atoms with E-state index in [0.29, 0.717) is 13.0 Å². The van der Waals surface area contributed by atoms with Crippen molar-refractivity contribution in [3.8, 4) is 0 Å². The van der Waals surface area contributed by atoms with Gasteiger partial charge in [-0.15, -0.1) is 0 Å². The minimum absolute atomic E-state index is 0.147. The number of ether oxygens (including phenoxy) is 1. The van der Waals surface area contributed by atoms with Crippen LogP contribution in [0, 0.1) is 0 Å². The monoisotopic (exact) mass is 328 g/mol. The van der Waals surface area contributed by atoms with E-state index < -0.39 is 21.9 Å². The molecule has 0 unspecified atom stereocenters. The lowest BCUT2D eigenvalue weighted by Crippen LogP contribution is -2.33. The average Bonchev–Trinajstić information content (AvgIpc) is 2.48. The number of hydrogen-bond acceptors (Lipinski definition) is 5. The zero-order chi connectivity index (χ0) is 16.6. The van der Waals surface area contributed by atoms with Gasteiger partial charge in [-0.05, 0) is 31.0 Å². The van der Waals surface area contributed by atoms with Gasteiger partial charge in [0.25, 0.3) is 0 Å². The van der Waals surface area contributed by atoms with E-state index in [0.717, 1.165) is 5.56 Å². The molecule has 1 aromatic carbocycles. The fourth-order valence-electron chi connectivity index (χ4n) is 1.70. The molecule has 0 aromatic heterocycles. The van der Waals surface area contributed by atoms with Crippen LogP contribution in [-0.4, -0.2) is 40.0 Å². The summed E-state index contributed by atoms with van der Waals surface area (Å²) < 4.78 is 30.5. The number of amides is 1. The molecule has 1 rings (SSSR count). The Bertz CT molecular complexity index is 611. The number of hydrogen-bond donors (Lipinski definition) is 2. The third-order valence-corrected chi connectivity index (χ3v) is 4.29. The van der Waals surface area contributed by atoms with Gasteiger partial charge in [-0.1, -0.05) is 19.1 Å². The molecule has 0 aliphatic rings. The number of carbonyl (C=O) groups is 2. The molecule has 0 radical (unpaired) electrons. The van der Waals surface area contributed by atoms with Crippen molar-refractivity contribution < 1.29 is 22.7 Å². The van der Waals surface area contributed by atoms with Crippen molar-refractivity contribution >= 4 is 21.9 Å². The molecule has 0 saturated heterocycles. The highest BCUT2D eigenvalue weighted by Crippen LogP contribution is 2.10. The lowest BCUT2D eigenvalue weighted by molar-refractivity contribution is -0.154. The van der Waals surface area contributed by atoms with Crippen molar-refractivity contribution in [2.45, 2.75) is 25.2 Å². The molecule has 1 aromatic rings. The Morgan fingerprint density at radius 2 is 1.77 bits per heavy atom. The first kappa shape index (κ1) is 18.1. The van der Waals surface area contributed by atoms with Crippen molar-refractivity contribution in [3.05, 3.63) is 29.8 Å². The Morgan fingerprint density at radius 3 is 2.32 bits per heavy atom. The third-order valence-electron chi connectivity index (χ3n) is 2.73. The average molecular weight is 328 g/mol. The summed E-state index contributed by atoms with van der Waals surface area (Å²) in [5, 5.41) is 2.44. The standard InChI is InChI=1S/C14H20N2O5S/c1-3-16-22(19,20)12-7-5-11(6-8-12)9-10-15-13(17)14(18)21-4-2/h5-8,16H,3-4,9-10H2,1-2H3,(H,15,17). The van der Waals surface area contributed by atoms with E-state index in [2.05, 4.69) is 14.8 Å². The summed E-state index contributed by atoms with van der Waals surface area (Å²) in [5.41, 5.74) is 0.847. The SMILES string of the molecule is CCNS(=O)(=O)c1ccc(CCNC(=O)C(=O)OCC)cc1. The molecule has 0 atom stereocenters. The van der Waals surface area contributed by atoms with Crippen molar-refractivity contribution in [2.75, 3.05) is 19.7 Å². The van der Waals surface area contributed by atoms with Gasteiger partial charge in [-0.2, -0.15) is 0 Å². The zero-order valence-corrected chi connectivity index (χ0v) is 13.4. The Morgan fingerprint density at radius 1 is 1.14 bits per heavy atom. The van der Waals surface area contributed by atoms with Crippen LogP contribution < -0.4 is 10.0 Å². The Hall–Kier alpha value is -1.93. The number of benzene rings is 1. The molecule has 2 N–H and O–H groups in total. The van der Waals surface area contributed by atoms with Gasteiger partial charge in [0.05, 0.1) is 11.5 Å². The zero-order valence-electron chi connectivity index (χ0n) is 12.6. The van der Waals surface area contributed by atoms with Crippen molar-refractivity contribution in [1.29, 1.82) is 0 Å². The molecule has 8 heteroatoms. The summed E-state index contributed by atoms with van der Waals surface area (Å²) in [6, 6.07) is 6.34. The highest BCUT2D eigenvalue weighted by Gasteiger charge is 2.14. The highest BCUT2D eigenvalue weighted by atomic mass is 32.2. The van der Waals surface area contributed by atoms with Gasteiger partial charge < -0.3 is 10.1 Å². The van der Waals surface area contributed by atoms with Crippen LogP contribution in [0.25, 0.3) is 0 Å². The van der Waals surface area contributed by atoms with Crippen LogP contribution >= 0.6 is 0 Å². The van der Waals surface area contributed by atoms with Crippen molar-refractivity contribution in [2.24, 2.45) is 0 Å². The smallest absolute Gasteiger partial charge is 0.396 e. The summed E-state index contributed by atoms with van der Waals surface area (Å²) in [6.45, 7) is 4.06. The van der Waals surface area contributed by atoms with Crippen molar-refractivity contribution in [1.82, 2.24) is 10.0 Å². The normalized spacial score (nSPS) is 11.0. The van der Waals surface area contributed by atoms with Crippen LogP contribution in [0.3, 0.4) is 0 Å². The fraction of sp³-hybridized carbons (Fsp3) is 0.429. The molecule has 0 aliphatic heterocycles. The summed E-state index contributed by atoms with van der Waals surface area (Å²) in [7, 11) is -3.46. The third kappa shape index (κ3) is 5.45. The highest BCUT2D eigenvalue weighted by molar-refractivity contribution is 7.89. The Labute approximate surface area is 130 Å². The van der Waals surface area contributed by atoms with Gasteiger partial charge in [-0.25, -0.2) is 17.9 Å². The van der Waals surface area contributed by atoms with Gasteiger partial charge in [-0.3, -0.25) is 4.79 Å². The van der Waals surface area contributed by atoms with Crippen LogP contribution in [0.4, 0.5) is 0 Å². The molecule has 0 spiro atoms. The van der Waals surface area contributed by atoms with E-state index in [1.165, 1.54) is 12.1 Å². The van der Waals surface area contributed by atoms with Gasteiger partial charge in [0.15, 0.2) is 0 Å². The predicted octanol–water partition coefficient (Wildman–Crippen LogP) is 0.207. The van der Waals surface area contributed by atoms with Gasteiger partial charge in [0.2, 0.25) is 10.0 Å². The first-order valence-corrected chi connectivity index (χ1v) is 8.42. The maximum atomic E-state index is 11.8. The first-order chi connectivity index (χ1) is 10.4. The lowest BCUT2D eigenvalue weighted by Gasteiger charge is -2.07. The molecule has 1 amide bonds. The summed E-state index contributed by atoms with van der Waals surface area (Å²) >= 11 is 0. The second-order valence-corrected chi connectivity index (χ2v) is 6.14. The number of nitrogens with one attached hydrogen (secondary N) is 2. The molecule has 0 aliphatic carbocycles. The fourth-order valence-corrected chi connectivity index (χ4v) is 2.74. The van der Waals surface area contributed by atoms with E-state index in [9.17, 15) is 18.0 Å². The van der Waals surface area contributed by atoms with E-state index in [4.69, 9.17) is 0 Å². The maximum Gasteiger partial charge on any atom is 0.396 e. The molecule has 122 valence electrons. The minimum atomic E-state index is -3.46. The molecule has 22 heavy (non-hydrogen) atoms. The van der Waals surface area contributed by atoms with E-state index in [-0.39, 0.29) is 18.0 Å². The van der Waals surface area contributed by atoms with Gasteiger partial charge in [0.1, 0.15) is 0 Å². The van der Waals surface area contributed by atoms with Crippen molar-refractivity contribution in [3.63, 3.8) is 0 Å². The number of rotatable bonds is 7. The summed E-state index contributed by atoms with van der Waals surface area (Å²) in [5.74, 6) is -1.69. The molecule has 0 bridgehead atoms. The Balaban J connectivity index is 2.52. The summed E-state index contributed by atoms with van der Waals surface area (Å²) in [6.07, 6.45) is 0.479. The van der Waals surface area contributed by atoms with Gasteiger partial charge in [0, 0.05) is 13.1 Å². The predicted molar refractivity (Wildman–Crippen MR) is 80.7 cm³/mol. The van der Waals surface area contributed by atoms with Crippen LogP contribution in [0.5, 0.6) is 0 Å². The van der Waals surface area contributed by atoms with Crippen LogP contribution in [0.15, 0.2) is 29.2 Å². The molecule has 0 heterocycles. The molecule has 7 nitrogen and oxygen atoms in total. The second kappa shape index (κ2) is 8.50. The number of carbonyl (C=O) groups excluding carboxylic acids is 2. The van der Waals surface area contributed by atoms with E-state index in [1.54, 1.807) is 26.0 Å². The van der Waals surface area contributed by atoms with Crippen LogP contribution in [0.2, 0.25) is 0 Å². The largest absolute Gasteiger partial charge is 0.459 e. The van der Waals surface area contributed by atoms with E-state index >= 15 is 0 Å². The molecular weight excluding hydrogens is 308 g/mol. The molecule has 0 fully saturated rings. The molecular formula is C14H20N2O5S. The van der Waals surface area contributed by atoms with Crippen LogP contribution in [0.1, 0.15) is 19.4 Å². The van der Waals surface area contributed by atoms with Gasteiger partial charge >= 0.3 is 11.9 Å². The number of sulfonamides is 1. The number of esters is 1. The second-order valence-electron chi connectivity index (χ2n) is 4.37. The molecule has 0 saturated carbocycles. The van der Waals surface area contributed by atoms with Crippen LogP contribution in [-0.2, 0) is 30.8 Å². The maximum absolute atomic E-state index is 11.8.